The molecule has 1 aromatic heterocycles. The van der Waals surface area contributed by atoms with Gasteiger partial charge in [0.1, 0.15) is 0 Å². The van der Waals surface area contributed by atoms with Crippen molar-refractivity contribution in [2.45, 2.75) is 45.2 Å². The minimum atomic E-state index is 0.760. The lowest BCUT2D eigenvalue weighted by molar-refractivity contribution is 0.417. The molecular weight excluding hydrogens is 252 g/mol. The first kappa shape index (κ1) is 12.8. The van der Waals surface area contributed by atoms with Crippen molar-refractivity contribution < 1.29 is 0 Å². The molecule has 0 unspecified atom stereocenters. The second kappa shape index (κ2) is 5.85. The molecule has 1 fully saturated rings. The van der Waals surface area contributed by atoms with E-state index in [2.05, 4.69) is 41.9 Å². The van der Waals surface area contributed by atoms with E-state index >= 15 is 0 Å². The second-order valence-electron chi connectivity index (χ2n) is 5.39. The molecule has 2 aromatic rings. The quantitative estimate of drug-likeness (QED) is 0.889. The molecule has 19 heavy (non-hydrogen) atoms. The second-order valence-corrected chi connectivity index (χ2v) is 6.28. The van der Waals surface area contributed by atoms with E-state index in [0.717, 1.165) is 19.0 Å². The topological polar surface area (TPSA) is 24.9 Å². The van der Waals surface area contributed by atoms with E-state index in [4.69, 9.17) is 4.98 Å². The highest BCUT2D eigenvalue weighted by molar-refractivity contribution is 7.09. The molecule has 1 aromatic carbocycles. The number of nitrogens with zero attached hydrogens (tertiary/aromatic N) is 1. The van der Waals surface area contributed by atoms with Crippen LogP contribution in [0.2, 0.25) is 0 Å². The molecule has 0 saturated heterocycles. The predicted octanol–water partition coefficient (Wildman–Crippen LogP) is 4.01. The zero-order chi connectivity index (χ0) is 13.1. The molecular formula is C16H20N2S. The molecule has 1 aliphatic carbocycles. The summed E-state index contributed by atoms with van der Waals surface area (Å²) in [5, 5.41) is 7.02. The Morgan fingerprint density at radius 1 is 1.21 bits per heavy atom. The van der Waals surface area contributed by atoms with Crippen molar-refractivity contribution in [2.75, 3.05) is 0 Å². The van der Waals surface area contributed by atoms with Gasteiger partial charge >= 0.3 is 0 Å². The number of thiazole rings is 1. The van der Waals surface area contributed by atoms with Gasteiger partial charge in [0.15, 0.2) is 0 Å². The van der Waals surface area contributed by atoms with Crippen molar-refractivity contribution in [3.05, 3.63) is 51.5 Å². The largest absolute Gasteiger partial charge is 0.307 e. The molecule has 100 valence electrons. The minimum Gasteiger partial charge on any atom is -0.307 e. The molecule has 3 rings (SSSR count). The average Bonchev–Trinajstić information content (AvgIpc) is 2.78. The Labute approximate surface area is 118 Å². The molecule has 0 amide bonds. The van der Waals surface area contributed by atoms with Crippen molar-refractivity contribution in [3.8, 4) is 0 Å². The Morgan fingerprint density at radius 2 is 2.00 bits per heavy atom. The molecule has 0 atom stereocenters. The van der Waals surface area contributed by atoms with Gasteiger partial charge in [-0.05, 0) is 25.3 Å². The third-order valence-electron chi connectivity index (χ3n) is 3.78. The summed E-state index contributed by atoms with van der Waals surface area (Å²) >= 11 is 1.83. The van der Waals surface area contributed by atoms with Crippen LogP contribution in [0.4, 0.5) is 0 Å². The fourth-order valence-corrected chi connectivity index (χ4v) is 3.28. The van der Waals surface area contributed by atoms with Gasteiger partial charge in [-0.1, -0.05) is 36.2 Å². The lowest BCUT2D eigenvalue weighted by Gasteiger charge is -2.22. The van der Waals surface area contributed by atoms with Crippen LogP contribution in [0.15, 0.2) is 29.6 Å². The lowest BCUT2D eigenvalue weighted by Crippen LogP contribution is -2.13. The summed E-state index contributed by atoms with van der Waals surface area (Å²) in [4.78, 5) is 4.73. The van der Waals surface area contributed by atoms with E-state index in [-0.39, 0.29) is 0 Å². The van der Waals surface area contributed by atoms with Crippen LogP contribution in [0.25, 0.3) is 0 Å². The Morgan fingerprint density at radius 3 is 2.68 bits per heavy atom. The van der Waals surface area contributed by atoms with Gasteiger partial charge in [-0.2, -0.15) is 0 Å². The molecule has 3 heteroatoms. The van der Waals surface area contributed by atoms with Crippen LogP contribution in [0.1, 0.15) is 47.0 Å². The Bertz CT molecular complexity index is 526. The van der Waals surface area contributed by atoms with E-state index in [9.17, 15) is 0 Å². The summed E-state index contributed by atoms with van der Waals surface area (Å²) in [5.41, 5.74) is 3.84. The summed E-state index contributed by atoms with van der Waals surface area (Å²) < 4.78 is 0. The first-order valence-corrected chi connectivity index (χ1v) is 7.90. The van der Waals surface area contributed by atoms with Gasteiger partial charge in [0, 0.05) is 24.4 Å². The maximum Gasteiger partial charge on any atom is 0.0959 e. The molecule has 0 spiro atoms. The van der Waals surface area contributed by atoms with Gasteiger partial charge in [0.05, 0.1) is 10.7 Å². The number of benzene rings is 1. The van der Waals surface area contributed by atoms with Crippen molar-refractivity contribution in [3.63, 3.8) is 0 Å². The molecule has 1 heterocycles. The number of aryl methyl sites for hydroxylation is 1. The van der Waals surface area contributed by atoms with Gasteiger partial charge in [0.2, 0.25) is 0 Å². The third-order valence-corrected chi connectivity index (χ3v) is 4.84. The van der Waals surface area contributed by atoms with Crippen LogP contribution in [-0.4, -0.2) is 4.98 Å². The molecule has 0 radical (unpaired) electrons. The first-order chi connectivity index (χ1) is 9.31. The fourth-order valence-electron chi connectivity index (χ4n) is 2.29. The van der Waals surface area contributed by atoms with Crippen LogP contribution < -0.4 is 5.32 Å². The average molecular weight is 272 g/mol. The van der Waals surface area contributed by atoms with E-state index in [1.807, 2.05) is 11.3 Å². The van der Waals surface area contributed by atoms with Gasteiger partial charge in [-0.25, -0.2) is 4.98 Å². The fraction of sp³-hybridized carbons (Fsp3) is 0.438. The zero-order valence-electron chi connectivity index (χ0n) is 11.4. The molecule has 1 N–H and O–H groups in total. The van der Waals surface area contributed by atoms with Crippen molar-refractivity contribution in [2.24, 2.45) is 0 Å². The zero-order valence-corrected chi connectivity index (χ0v) is 12.2. The van der Waals surface area contributed by atoms with Crippen LogP contribution >= 0.6 is 11.3 Å². The van der Waals surface area contributed by atoms with E-state index in [1.54, 1.807) is 0 Å². The van der Waals surface area contributed by atoms with Crippen molar-refractivity contribution >= 4 is 11.3 Å². The number of hydrogen-bond donors (Lipinski definition) is 1. The maximum atomic E-state index is 4.73. The van der Waals surface area contributed by atoms with Crippen molar-refractivity contribution in [1.82, 2.24) is 10.3 Å². The molecule has 0 bridgehead atoms. The van der Waals surface area contributed by atoms with Gasteiger partial charge in [0.25, 0.3) is 0 Å². The Hall–Kier alpha value is -1.19. The van der Waals surface area contributed by atoms with Crippen LogP contribution in [0.5, 0.6) is 0 Å². The summed E-state index contributed by atoms with van der Waals surface area (Å²) in [7, 11) is 0. The summed E-state index contributed by atoms with van der Waals surface area (Å²) in [6.07, 6.45) is 4.05. The number of aromatic nitrogens is 1. The smallest absolute Gasteiger partial charge is 0.0959 e. The van der Waals surface area contributed by atoms with Crippen molar-refractivity contribution in [1.29, 1.82) is 0 Å². The van der Waals surface area contributed by atoms with Gasteiger partial charge in [-0.3, -0.25) is 0 Å². The van der Waals surface area contributed by atoms with E-state index in [1.165, 1.54) is 41.1 Å². The first-order valence-electron chi connectivity index (χ1n) is 7.02. The number of hydrogen-bond acceptors (Lipinski definition) is 3. The van der Waals surface area contributed by atoms with Crippen LogP contribution in [0.3, 0.4) is 0 Å². The molecule has 1 aliphatic rings. The lowest BCUT2D eigenvalue weighted by atomic mass is 9.86. The molecule has 1 saturated carbocycles. The summed E-state index contributed by atoms with van der Waals surface area (Å²) in [6.45, 7) is 3.90. The highest BCUT2D eigenvalue weighted by Crippen LogP contribution is 2.37. The monoisotopic (exact) mass is 272 g/mol. The Kier molecular flexibility index (Phi) is 3.95. The summed E-state index contributed by atoms with van der Waals surface area (Å²) in [6, 6.07) is 8.69. The highest BCUT2D eigenvalue weighted by Gasteiger charge is 2.22. The standard InChI is InChI=1S/C16H20N2S/c1-12-5-7-13(8-6-12)9-17-10-15-11-19-16(18-15)14-3-2-4-14/h5-8,11,14,17H,2-4,9-10H2,1H3. The SMILES string of the molecule is Cc1ccc(CNCc2csc(C3CCC3)n2)cc1. The minimum absolute atomic E-state index is 0.760. The third kappa shape index (κ3) is 3.23. The van der Waals surface area contributed by atoms with Crippen LogP contribution in [0, 0.1) is 6.92 Å². The Balaban J connectivity index is 1.49. The van der Waals surface area contributed by atoms with Gasteiger partial charge in [-0.15, -0.1) is 11.3 Å². The van der Waals surface area contributed by atoms with E-state index in [0.29, 0.717) is 0 Å². The number of nitrogens with one attached hydrogen (secondary N) is 1. The number of rotatable bonds is 5. The molecule has 0 aliphatic heterocycles. The normalized spacial score (nSPS) is 15.4. The van der Waals surface area contributed by atoms with Gasteiger partial charge < -0.3 is 5.32 Å². The highest BCUT2D eigenvalue weighted by atomic mass is 32.1. The van der Waals surface area contributed by atoms with Crippen LogP contribution in [-0.2, 0) is 13.1 Å². The molecule has 2 nitrogen and oxygen atoms in total. The predicted molar refractivity (Wildman–Crippen MR) is 80.4 cm³/mol. The summed E-state index contributed by atoms with van der Waals surface area (Å²) in [5.74, 6) is 0.760. The maximum absolute atomic E-state index is 4.73. The van der Waals surface area contributed by atoms with E-state index < -0.39 is 0 Å².